The highest BCUT2D eigenvalue weighted by Gasteiger charge is 2.31. The van der Waals surface area contributed by atoms with Crippen molar-refractivity contribution < 1.29 is 18.0 Å². The molecule has 3 rings (SSSR count). The summed E-state index contributed by atoms with van der Waals surface area (Å²) in [6, 6.07) is 3.12. The summed E-state index contributed by atoms with van der Waals surface area (Å²) in [7, 11) is 1.74. The topological polar surface area (TPSA) is 81.8 Å². The van der Waals surface area contributed by atoms with Gasteiger partial charge >= 0.3 is 6.18 Å². The monoisotopic (exact) mass is 365 g/mol. The van der Waals surface area contributed by atoms with Gasteiger partial charge in [-0.05, 0) is 19.1 Å². The largest absolute Gasteiger partial charge is 0.417 e. The fourth-order valence-corrected chi connectivity index (χ4v) is 2.55. The fourth-order valence-electron chi connectivity index (χ4n) is 2.55. The number of rotatable bonds is 3. The summed E-state index contributed by atoms with van der Waals surface area (Å²) in [5.74, 6) is -0.644. The molecule has 0 unspecified atom stereocenters. The minimum Gasteiger partial charge on any atom is -0.323 e. The van der Waals surface area contributed by atoms with Gasteiger partial charge in [0.15, 0.2) is 5.65 Å². The Bertz CT molecular complexity index is 1050. The van der Waals surface area contributed by atoms with E-state index in [0.717, 1.165) is 17.1 Å². The molecular weight excluding hydrogens is 351 g/mol. The smallest absolute Gasteiger partial charge is 0.323 e. The molecule has 3 heterocycles. The van der Waals surface area contributed by atoms with Gasteiger partial charge in [0, 0.05) is 24.7 Å². The number of nitrogens with one attached hydrogen (secondary N) is 1. The van der Waals surface area contributed by atoms with Gasteiger partial charge < -0.3 is 9.88 Å². The Morgan fingerprint density at radius 2 is 2.04 bits per heavy atom. The van der Waals surface area contributed by atoms with Crippen molar-refractivity contribution in [1.29, 1.82) is 0 Å². The van der Waals surface area contributed by atoms with Crippen LogP contribution in [0.15, 0.2) is 35.4 Å². The van der Waals surface area contributed by atoms with Gasteiger partial charge in [0.25, 0.3) is 5.56 Å². The Balaban J connectivity index is 1.81. The molecule has 136 valence electrons. The number of anilines is 1. The summed E-state index contributed by atoms with van der Waals surface area (Å²) in [6.07, 6.45) is -2.57. The molecule has 0 aromatic carbocycles. The van der Waals surface area contributed by atoms with Crippen LogP contribution in [0.2, 0.25) is 0 Å². The molecule has 0 saturated heterocycles. The maximum absolute atomic E-state index is 12.7. The fraction of sp³-hybridized carbons (Fsp3) is 0.250. The molecule has 1 amide bonds. The summed E-state index contributed by atoms with van der Waals surface area (Å²) >= 11 is 0. The lowest BCUT2D eigenvalue weighted by atomic mass is 10.2. The first-order chi connectivity index (χ1) is 12.1. The molecule has 3 aromatic rings. The molecule has 0 aliphatic carbocycles. The number of hydrogen-bond acceptors (Lipinski definition) is 4. The first kappa shape index (κ1) is 17.6. The second kappa shape index (κ2) is 6.28. The number of aromatic nitrogens is 4. The Morgan fingerprint density at radius 1 is 1.31 bits per heavy atom. The number of pyridine rings is 2. The van der Waals surface area contributed by atoms with Crippen LogP contribution in [0.1, 0.15) is 11.3 Å². The van der Waals surface area contributed by atoms with E-state index >= 15 is 0 Å². The lowest BCUT2D eigenvalue weighted by Crippen LogP contribution is -2.28. The molecule has 7 nitrogen and oxygen atoms in total. The average molecular weight is 365 g/mol. The highest BCUT2D eigenvalue weighted by molar-refractivity contribution is 5.93. The molecule has 0 bridgehead atoms. The van der Waals surface area contributed by atoms with E-state index < -0.39 is 29.8 Å². The number of alkyl halides is 3. The van der Waals surface area contributed by atoms with Crippen molar-refractivity contribution in [3.8, 4) is 0 Å². The maximum Gasteiger partial charge on any atom is 0.417 e. The van der Waals surface area contributed by atoms with Crippen LogP contribution in [0.4, 0.5) is 18.9 Å². The SMILES string of the molecule is Cc1nn(C)c2ncc(NC(=O)Cn3cc(C(F)(F)F)ccc3=O)cc12. The Labute approximate surface area is 145 Å². The van der Waals surface area contributed by atoms with E-state index in [0.29, 0.717) is 28.2 Å². The van der Waals surface area contributed by atoms with E-state index in [9.17, 15) is 22.8 Å². The number of fused-ring (bicyclic) bond motifs is 1. The van der Waals surface area contributed by atoms with E-state index in [-0.39, 0.29) is 0 Å². The zero-order valence-electron chi connectivity index (χ0n) is 13.8. The van der Waals surface area contributed by atoms with Gasteiger partial charge in [0.1, 0.15) is 6.54 Å². The van der Waals surface area contributed by atoms with Gasteiger partial charge in [0.2, 0.25) is 5.91 Å². The molecule has 26 heavy (non-hydrogen) atoms. The average Bonchev–Trinajstić information content (AvgIpc) is 2.82. The molecule has 0 aliphatic heterocycles. The minimum absolute atomic E-state index is 0.360. The van der Waals surface area contributed by atoms with Crippen molar-refractivity contribution in [1.82, 2.24) is 19.3 Å². The number of carbonyl (C=O) groups is 1. The number of carbonyl (C=O) groups excluding carboxylic acids is 1. The van der Waals surface area contributed by atoms with E-state index in [1.165, 1.54) is 6.20 Å². The van der Waals surface area contributed by atoms with Crippen molar-refractivity contribution in [2.45, 2.75) is 19.6 Å². The van der Waals surface area contributed by atoms with Gasteiger partial charge in [-0.2, -0.15) is 18.3 Å². The molecule has 3 aromatic heterocycles. The number of halogens is 3. The van der Waals surface area contributed by atoms with Crippen LogP contribution in [0, 0.1) is 6.92 Å². The first-order valence-electron chi connectivity index (χ1n) is 7.52. The minimum atomic E-state index is -4.60. The van der Waals surface area contributed by atoms with Crippen molar-refractivity contribution in [3.05, 3.63) is 52.2 Å². The summed E-state index contributed by atoms with van der Waals surface area (Å²) < 4.78 is 40.5. The predicted octanol–water partition coefficient (Wildman–Crippen LogP) is 2.10. The van der Waals surface area contributed by atoms with Crippen LogP contribution in [0.3, 0.4) is 0 Å². The molecular formula is C16H14F3N5O2. The molecule has 1 N–H and O–H groups in total. The second-order valence-electron chi connectivity index (χ2n) is 5.73. The van der Waals surface area contributed by atoms with Crippen LogP contribution >= 0.6 is 0 Å². The highest BCUT2D eigenvalue weighted by atomic mass is 19.4. The summed E-state index contributed by atoms with van der Waals surface area (Å²) in [5.41, 5.74) is 0.0113. The number of nitrogens with zero attached hydrogens (tertiary/aromatic N) is 4. The normalized spacial score (nSPS) is 11.7. The van der Waals surface area contributed by atoms with Crippen LogP contribution < -0.4 is 10.9 Å². The van der Waals surface area contributed by atoms with E-state index in [2.05, 4.69) is 15.4 Å². The van der Waals surface area contributed by atoms with Crippen molar-refractivity contribution in [3.63, 3.8) is 0 Å². The van der Waals surface area contributed by atoms with Gasteiger partial charge in [-0.25, -0.2) is 4.98 Å². The van der Waals surface area contributed by atoms with Gasteiger partial charge in [-0.15, -0.1) is 0 Å². The van der Waals surface area contributed by atoms with Crippen molar-refractivity contribution >= 4 is 22.6 Å². The highest BCUT2D eigenvalue weighted by Crippen LogP contribution is 2.28. The van der Waals surface area contributed by atoms with Gasteiger partial charge in [0.05, 0.1) is 23.1 Å². The predicted molar refractivity (Wildman–Crippen MR) is 87.6 cm³/mol. The van der Waals surface area contributed by atoms with Gasteiger partial charge in [-0.3, -0.25) is 14.3 Å². The molecule has 10 heteroatoms. The molecule has 0 spiro atoms. The van der Waals surface area contributed by atoms with E-state index in [4.69, 9.17) is 0 Å². The maximum atomic E-state index is 12.7. The molecule has 0 fully saturated rings. The number of aryl methyl sites for hydroxylation is 2. The zero-order chi connectivity index (χ0) is 19.1. The third-order valence-electron chi connectivity index (χ3n) is 3.77. The van der Waals surface area contributed by atoms with E-state index in [1.54, 1.807) is 24.7 Å². The van der Waals surface area contributed by atoms with Crippen LogP contribution in [0.25, 0.3) is 11.0 Å². The van der Waals surface area contributed by atoms with Crippen molar-refractivity contribution in [2.75, 3.05) is 5.32 Å². The lowest BCUT2D eigenvalue weighted by molar-refractivity contribution is -0.138. The third kappa shape index (κ3) is 3.44. The Hall–Kier alpha value is -3.17. The second-order valence-corrected chi connectivity index (χ2v) is 5.73. The lowest BCUT2D eigenvalue weighted by Gasteiger charge is -2.11. The standard InChI is InChI=1S/C16H14F3N5O2/c1-9-12-5-11(6-20-15(12)23(2)22-9)21-13(25)8-24-7-10(16(17,18)19)3-4-14(24)26/h3-7H,8H2,1-2H3,(H,21,25). The van der Waals surface area contributed by atoms with Crippen LogP contribution in [0.5, 0.6) is 0 Å². The van der Waals surface area contributed by atoms with Crippen LogP contribution in [-0.4, -0.2) is 25.2 Å². The third-order valence-corrected chi connectivity index (χ3v) is 3.77. The van der Waals surface area contributed by atoms with Gasteiger partial charge in [-0.1, -0.05) is 0 Å². The molecule has 0 aliphatic rings. The summed E-state index contributed by atoms with van der Waals surface area (Å²) in [6.45, 7) is 1.24. The molecule has 0 atom stereocenters. The Morgan fingerprint density at radius 3 is 2.73 bits per heavy atom. The first-order valence-corrected chi connectivity index (χ1v) is 7.52. The van der Waals surface area contributed by atoms with Crippen LogP contribution in [-0.2, 0) is 24.6 Å². The number of amides is 1. The summed E-state index contributed by atoms with van der Waals surface area (Å²) in [5, 5.41) is 7.47. The van der Waals surface area contributed by atoms with Crippen molar-refractivity contribution in [2.24, 2.45) is 7.05 Å². The summed E-state index contributed by atoms with van der Waals surface area (Å²) in [4.78, 5) is 28.0. The Kier molecular flexibility index (Phi) is 4.26. The molecule has 0 saturated carbocycles. The quantitative estimate of drug-likeness (QED) is 0.771. The number of hydrogen-bond donors (Lipinski definition) is 1. The van der Waals surface area contributed by atoms with E-state index in [1.807, 2.05) is 0 Å². The molecule has 0 radical (unpaired) electrons. The zero-order valence-corrected chi connectivity index (χ0v) is 13.8.